The van der Waals surface area contributed by atoms with Gasteiger partial charge in [0.25, 0.3) is 0 Å². The summed E-state index contributed by atoms with van der Waals surface area (Å²) >= 11 is 0. The molecule has 1 amide bonds. The molecular formula is C13H17NO. The van der Waals surface area contributed by atoms with E-state index >= 15 is 0 Å². The summed E-state index contributed by atoms with van der Waals surface area (Å²) in [5, 5.41) is 2.89. The van der Waals surface area contributed by atoms with Gasteiger partial charge in [-0.2, -0.15) is 0 Å². The molecule has 2 nitrogen and oxygen atoms in total. The number of carbonyl (C=O) groups is 1. The SMILES string of the molecule is Cc1cccc(C)c1CC1CCNC1=O. The summed E-state index contributed by atoms with van der Waals surface area (Å²) in [7, 11) is 0. The van der Waals surface area contributed by atoms with Gasteiger partial charge < -0.3 is 5.32 Å². The minimum atomic E-state index is 0.185. The third kappa shape index (κ3) is 2.04. The fourth-order valence-corrected chi connectivity index (χ4v) is 2.26. The van der Waals surface area contributed by atoms with E-state index in [0.717, 1.165) is 19.4 Å². The van der Waals surface area contributed by atoms with Crippen LogP contribution in [0, 0.1) is 19.8 Å². The van der Waals surface area contributed by atoms with Crippen LogP contribution in [0.25, 0.3) is 0 Å². The zero-order valence-electron chi connectivity index (χ0n) is 9.34. The van der Waals surface area contributed by atoms with Crippen LogP contribution >= 0.6 is 0 Å². The van der Waals surface area contributed by atoms with Gasteiger partial charge in [-0.25, -0.2) is 0 Å². The smallest absolute Gasteiger partial charge is 0.223 e. The molecular weight excluding hydrogens is 186 g/mol. The Labute approximate surface area is 90.7 Å². The number of rotatable bonds is 2. The van der Waals surface area contributed by atoms with Gasteiger partial charge in [0.2, 0.25) is 5.91 Å². The quantitative estimate of drug-likeness (QED) is 0.782. The first-order valence-electron chi connectivity index (χ1n) is 5.51. The fraction of sp³-hybridized carbons (Fsp3) is 0.462. The highest BCUT2D eigenvalue weighted by molar-refractivity contribution is 5.81. The van der Waals surface area contributed by atoms with Crippen LogP contribution in [0.15, 0.2) is 18.2 Å². The molecule has 1 aromatic rings. The molecule has 0 aliphatic carbocycles. The van der Waals surface area contributed by atoms with E-state index in [2.05, 4.69) is 37.4 Å². The summed E-state index contributed by atoms with van der Waals surface area (Å²) in [5.74, 6) is 0.405. The highest BCUT2D eigenvalue weighted by Gasteiger charge is 2.24. The Morgan fingerprint density at radius 2 is 2.00 bits per heavy atom. The van der Waals surface area contributed by atoms with Crippen molar-refractivity contribution in [2.24, 2.45) is 5.92 Å². The Bertz CT molecular complexity index is 364. The van der Waals surface area contributed by atoms with Crippen molar-refractivity contribution < 1.29 is 4.79 Å². The summed E-state index contributed by atoms with van der Waals surface area (Å²) in [4.78, 5) is 11.5. The molecule has 0 saturated carbocycles. The maximum absolute atomic E-state index is 11.5. The summed E-state index contributed by atoms with van der Waals surface area (Å²) in [6.45, 7) is 5.08. The molecule has 2 rings (SSSR count). The van der Waals surface area contributed by atoms with Crippen molar-refractivity contribution in [1.29, 1.82) is 0 Å². The third-order valence-corrected chi connectivity index (χ3v) is 3.26. The molecule has 0 radical (unpaired) electrons. The predicted molar refractivity (Wildman–Crippen MR) is 60.7 cm³/mol. The molecule has 80 valence electrons. The summed E-state index contributed by atoms with van der Waals surface area (Å²) in [6.07, 6.45) is 1.87. The molecule has 1 unspecified atom stereocenters. The van der Waals surface area contributed by atoms with Crippen LogP contribution in [0.1, 0.15) is 23.1 Å². The first-order chi connectivity index (χ1) is 7.18. The van der Waals surface area contributed by atoms with Crippen LogP contribution < -0.4 is 5.32 Å². The molecule has 15 heavy (non-hydrogen) atoms. The van der Waals surface area contributed by atoms with E-state index in [9.17, 15) is 4.79 Å². The molecule has 1 heterocycles. The molecule has 1 atom stereocenters. The lowest BCUT2D eigenvalue weighted by molar-refractivity contribution is -0.122. The molecule has 0 bridgehead atoms. The van der Waals surface area contributed by atoms with E-state index in [4.69, 9.17) is 0 Å². The van der Waals surface area contributed by atoms with Crippen molar-refractivity contribution in [3.8, 4) is 0 Å². The molecule has 1 fully saturated rings. The highest BCUT2D eigenvalue weighted by Crippen LogP contribution is 2.21. The van der Waals surface area contributed by atoms with Crippen molar-refractivity contribution >= 4 is 5.91 Å². The Balaban J connectivity index is 2.20. The number of benzene rings is 1. The fourth-order valence-electron chi connectivity index (χ4n) is 2.26. The zero-order valence-corrected chi connectivity index (χ0v) is 9.34. The topological polar surface area (TPSA) is 29.1 Å². The Morgan fingerprint density at radius 1 is 1.33 bits per heavy atom. The van der Waals surface area contributed by atoms with E-state index in [0.29, 0.717) is 0 Å². The Hall–Kier alpha value is -1.31. The van der Waals surface area contributed by atoms with Gasteiger partial charge >= 0.3 is 0 Å². The van der Waals surface area contributed by atoms with E-state index in [1.807, 2.05) is 0 Å². The number of amides is 1. The number of hydrogen-bond donors (Lipinski definition) is 1. The lowest BCUT2D eigenvalue weighted by atomic mass is 9.92. The van der Waals surface area contributed by atoms with Crippen molar-refractivity contribution in [3.05, 3.63) is 34.9 Å². The standard InChI is InChI=1S/C13H17NO/c1-9-4-3-5-10(2)12(9)8-11-6-7-14-13(11)15/h3-5,11H,6-8H2,1-2H3,(H,14,15). The first kappa shape index (κ1) is 10.2. The molecule has 2 heteroatoms. The van der Waals surface area contributed by atoms with E-state index < -0.39 is 0 Å². The number of nitrogens with one attached hydrogen (secondary N) is 1. The maximum Gasteiger partial charge on any atom is 0.223 e. The summed E-state index contributed by atoms with van der Waals surface area (Å²) in [5.41, 5.74) is 3.95. The van der Waals surface area contributed by atoms with Crippen LogP contribution in [-0.2, 0) is 11.2 Å². The van der Waals surface area contributed by atoms with Gasteiger partial charge in [-0.3, -0.25) is 4.79 Å². The van der Waals surface area contributed by atoms with E-state index in [-0.39, 0.29) is 11.8 Å². The van der Waals surface area contributed by atoms with E-state index in [1.54, 1.807) is 0 Å². The average Bonchev–Trinajstić information content (AvgIpc) is 2.58. The second-order valence-electron chi connectivity index (χ2n) is 4.35. The Morgan fingerprint density at radius 3 is 2.53 bits per heavy atom. The first-order valence-corrected chi connectivity index (χ1v) is 5.51. The monoisotopic (exact) mass is 203 g/mol. The highest BCUT2D eigenvalue weighted by atomic mass is 16.2. The van der Waals surface area contributed by atoms with Gasteiger partial charge in [0.05, 0.1) is 0 Å². The van der Waals surface area contributed by atoms with Crippen molar-refractivity contribution in [2.45, 2.75) is 26.7 Å². The van der Waals surface area contributed by atoms with Crippen LogP contribution in [-0.4, -0.2) is 12.5 Å². The van der Waals surface area contributed by atoms with Crippen LogP contribution in [0.4, 0.5) is 0 Å². The Kier molecular flexibility index (Phi) is 2.76. The molecule has 1 saturated heterocycles. The normalized spacial score (nSPS) is 20.4. The number of hydrogen-bond acceptors (Lipinski definition) is 1. The molecule has 0 spiro atoms. The molecule has 1 aliphatic heterocycles. The average molecular weight is 203 g/mol. The minimum absolute atomic E-state index is 0.185. The van der Waals surface area contributed by atoms with Gasteiger partial charge in [0, 0.05) is 12.5 Å². The number of aryl methyl sites for hydroxylation is 2. The van der Waals surface area contributed by atoms with Gasteiger partial charge in [-0.15, -0.1) is 0 Å². The number of carbonyl (C=O) groups excluding carboxylic acids is 1. The largest absolute Gasteiger partial charge is 0.356 e. The second-order valence-corrected chi connectivity index (χ2v) is 4.35. The maximum atomic E-state index is 11.5. The lowest BCUT2D eigenvalue weighted by Gasteiger charge is -2.12. The molecule has 1 aromatic carbocycles. The van der Waals surface area contributed by atoms with Gasteiger partial charge in [-0.05, 0) is 43.4 Å². The minimum Gasteiger partial charge on any atom is -0.356 e. The molecule has 0 aromatic heterocycles. The lowest BCUT2D eigenvalue weighted by Crippen LogP contribution is -2.20. The van der Waals surface area contributed by atoms with Crippen molar-refractivity contribution in [2.75, 3.05) is 6.54 Å². The predicted octanol–water partition coefficient (Wildman–Crippen LogP) is 1.98. The zero-order chi connectivity index (χ0) is 10.8. The van der Waals surface area contributed by atoms with Gasteiger partial charge in [0.15, 0.2) is 0 Å². The van der Waals surface area contributed by atoms with Crippen molar-refractivity contribution in [1.82, 2.24) is 5.32 Å². The third-order valence-electron chi connectivity index (χ3n) is 3.26. The van der Waals surface area contributed by atoms with Crippen LogP contribution in [0.5, 0.6) is 0 Å². The summed E-state index contributed by atoms with van der Waals surface area (Å²) in [6, 6.07) is 6.31. The van der Waals surface area contributed by atoms with Crippen LogP contribution in [0.2, 0.25) is 0 Å². The van der Waals surface area contributed by atoms with E-state index in [1.165, 1.54) is 16.7 Å². The van der Waals surface area contributed by atoms with Crippen LogP contribution in [0.3, 0.4) is 0 Å². The second kappa shape index (κ2) is 4.05. The molecule has 1 aliphatic rings. The van der Waals surface area contributed by atoms with Gasteiger partial charge in [-0.1, -0.05) is 18.2 Å². The summed E-state index contributed by atoms with van der Waals surface area (Å²) < 4.78 is 0. The molecule has 1 N–H and O–H groups in total. The van der Waals surface area contributed by atoms with Gasteiger partial charge in [0.1, 0.15) is 0 Å². The van der Waals surface area contributed by atoms with Crippen molar-refractivity contribution in [3.63, 3.8) is 0 Å².